The summed E-state index contributed by atoms with van der Waals surface area (Å²) in [5.74, 6) is -1.18. The van der Waals surface area contributed by atoms with Crippen molar-refractivity contribution in [1.82, 2.24) is 4.57 Å². The monoisotopic (exact) mass is 249 g/mol. The first-order chi connectivity index (χ1) is 8.66. The molecule has 1 heterocycles. The second-order valence-corrected chi connectivity index (χ2v) is 4.59. The van der Waals surface area contributed by atoms with E-state index in [1.807, 2.05) is 6.07 Å². The first kappa shape index (κ1) is 11.4. The van der Waals surface area contributed by atoms with E-state index < -0.39 is 17.7 Å². The van der Waals surface area contributed by atoms with Crippen LogP contribution in [0.1, 0.15) is 30.2 Å². The summed E-state index contributed by atoms with van der Waals surface area (Å²) in [6, 6.07) is 5.35. The van der Waals surface area contributed by atoms with Crippen molar-refractivity contribution in [2.75, 3.05) is 0 Å². The van der Waals surface area contributed by atoms with Gasteiger partial charge < -0.3 is 9.67 Å². The third-order valence-electron chi connectivity index (χ3n) is 3.45. The van der Waals surface area contributed by atoms with Crippen LogP contribution in [0.4, 0.5) is 8.78 Å². The molecular formula is C14H13F2NO. The molecule has 0 spiro atoms. The molecule has 1 atom stereocenters. The summed E-state index contributed by atoms with van der Waals surface area (Å²) >= 11 is 0. The van der Waals surface area contributed by atoms with Crippen molar-refractivity contribution in [3.63, 3.8) is 0 Å². The number of hydrogen-bond donors (Lipinski definition) is 1. The topological polar surface area (TPSA) is 25.2 Å². The second-order valence-electron chi connectivity index (χ2n) is 4.59. The Kier molecular flexibility index (Phi) is 2.67. The van der Waals surface area contributed by atoms with Crippen LogP contribution in [0.5, 0.6) is 0 Å². The van der Waals surface area contributed by atoms with Crippen molar-refractivity contribution in [3.8, 4) is 5.69 Å². The summed E-state index contributed by atoms with van der Waals surface area (Å²) < 4.78 is 28.4. The first-order valence-electron chi connectivity index (χ1n) is 6.00. The van der Waals surface area contributed by atoms with Crippen LogP contribution in [0.3, 0.4) is 0 Å². The molecule has 1 aromatic carbocycles. The van der Waals surface area contributed by atoms with Crippen molar-refractivity contribution in [3.05, 3.63) is 53.4 Å². The van der Waals surface area contributed by atoms with Gasteiger partial charge in [0.1, 0.15) is 11.6 Å². The minimum Gasteiger partial charge on any atom is -0.388 e. The molecular weight excluding hydrogens is 236 g/mol. The predicted molar refractivity (Wildman–Crippen MR) is 63.6 cm³/mol. The quantitative estimate of drug-likeness (QED) is 0.825. The minimum absolute atomic E-state index is 0.326. The molecule has 3 rings (SSSR count). The number of aromatic nitrogens is 1. The molecule has 0 fully saturated rings. The Bertz CT molecular complexity index is 591. The van der Waals surface area contributed by atoms with Crippen LogP contribution in [-0.2, 0) is 6.42 Å². The van der Waals surface area contributed by atoms with Crippen LogP contribution < -0.4 is 0 Å². The van der Waals surface area contributed by atoms with Gasteiger partial charge in [-0.3, -0.25) is 0 Å². The maximum atomic E-state index is 13.8. The van der Waals surface area contributed by atoms with Crippen LogP contribution in [0, 0.1) is 11.6 Å². The van der Waals surface area contributed by atoms with Crippen LogP contribution in [0.2, 0.25) is 0 Å². The number of hydrogen-bond acceptors (Lipinski definition) is 1. The minimum atomic E-state index is -0.589. The molecule has 0 saturated carbocycles. The largest absolute Gasteiger partial charge is 0.388 e. The molecule has 0 saturated heterocycles. The molecule has 0 amide bonds. The van der Waals surface area contributed by atoms with Crippen molar-refractivity contribution in [2.45, 2.75) is 25.4 Å². The SMILES string of the molecule is OC1CCCc2c1ccn2-c1ccc(F)cc1F. The Morgan fingerprint density at radius 2 is 2.06 bits per heavy atom. The lowest BCUT2D eigenvalue weighted by Gasteiger charge is -2.20. The Balaban J connectivity index is 2.12. The summed E-state index contributed by atoms with van der Waals surface area (Å²) in [6.07, 6.45) is 3.67. The molecule has 94 valence electrons. The van der Waals surface area contributed by atoms with Crippen LogP contribution in [0.15, 0.2) is 30.5 Å². The van der Waals surface area contributed by atoms with Gasteiger partial charge in [-0.2, -0.15) is 0 Å². The van der Waals surface area contributed by atoms with Crippen LogP contribution in [-0.4, -0.2) is 9.67 Å². The van der Waals surface area contributed by atoms with E-state index in [0.717, 1.165) is 36.6 Å². The molecule has 1 aliphatic carbocycles. The lowest BCUT2D eigenvalue weighted by molar-refractivity contribution is 0.156. The number of aliphatic hydroxyl groups is 1. The predicted octanol–water partition coefficient (Wildman–Crippen LogP) is 3.13. The van der Waals surface area contributed by atoms with Gasteiger partial charge in [0.05, 0.1) is 11.8 Å². The van der Waals surface area contributed by atoms with Crippen molar-refractivity contribution in [1.29, 1.82) is 0 Å². The maximum Gasteiger partial charge on any atom is 0.150 e. The molecule has 2 aromatic rings. The van der Waals surface area contributed by atoms with E-state index in [2.05, 4.69) is 0 Å². The van der Waals surface area contributed by atoms with Crippen molar-refractivity contribution in [2.24, 2.45) is 0 Å². The third-order valence-corrected chi connectivity index (χ3v) is 3.45. The van der Waals surface area contributed by atoms with E-state index in [1.165, 1.54) is 12.1 Å². The average Bonchev–Trinajstić information content (AvgIpc) is 2.74. The summed E-state index contributed by atoms with van der Waals surface area (Å²) in [6.45, 7) is 0. The molecule has 1 unspecified atom stereocenters. The number of rotatable bonds is 1. The first-order valence-corrected chi connectivity index (χ1v) is 6.00. The smallest absolute Gasteiger partial charge is 0.150 e. The van der Waals surface area contributed by atoms with E-state index >= 15 is 0 Å². The number of halogens is 2. The molecule has 0 radical (unpaired) electrons. The molecule has 2 nitrogen and oxygen atoms in total. The molecule has 1 N–H and O–H groups in total. The van der Waals surface area contributed by atoms with E-state index in [-0.39, 0.29) is 0 Å². The second kappa shape index (κ2) is 4.21. The highest BCUT2D eigenvalue weighted by molar-refractivity contribution is 5.41. The lowest BCUT2D eigenvalue weighted by Crippen LogP contribution is -2.11. The van der Waals surface area contributed by atoms with Gasteiger partial charge in [0.25, 0.3) is 0 Å². The molecule has 18 heavy (non-hydrogen) atoms. The fraction of sp³-hybridized carbons (Fsp3) is 0.286. The van der Waals surface area contributed by atoms with E-state index in [1.54, 1.807) is 10.8 Å². The number of benzene rings is 1. The molecule has 1 aliphatic rings. The zero-order chi connectivity index (χ0) is 12.7. The van der Waals surface area contributed by atoms with Crippen LogP contribution in [0.25, 0.3) is 5.69 Å². The van der Waals surface area contributed by atoms with Gasteiger partial charge in [-0.05, 0) is 37.5 Å². The number of nitrogens with zero attached hydrogens (tertiary/aromatic N) is 1. The van der Waals surface area contributed by atoms with Gasteiger partial charge in [-0.1, -0.05) is 0 Å². The Hall–Kier alpha value is -1.68. The Morgan fingerprint density at radius 3 is 2.83 bits per heavy atom. The molecule has 0 aliphatic heterocycles. The van der Waals surface area contributed by atoms with Gasteiger partial charge >= 0.3 is 0 Å². The van der Waals surface area contributed by atoms with Gasteiger partial charge in [0.2, 0.25) is 0 Å². The zero-order valence-corrected chi connectivity index (χ0v) is 9.74. The Morgan fingerprint density at radius 1 is 1.22 bits per heavy atom. The average molecular weight is 249 g/mol. The zero-order valence-electron chi connectivity index (χ0n) is 9.74. The fourth-order valence-corrected chi connectivity index (χ4v) is 2.57. The number of aliphatic hydroxyl groups excluding tert-OH is 1. The highest BCUT2D eigenvalue weighted by Crippen LogP contribution is 2.32. The van der Waals surface area contributed by atoms with E-state index in [4.69, 9.17) is 0 Å². The summed E-state index contributed by atoms with van der Waals surface area (Å²) in [5.41, 5.74) is 2.09. The van der Waals surface area contributed by atoms with Crippen molar-refractivity contribution >= 4 is 0 Å². The highest BCUT2D eigenvalue weighted by Gasteiger charge is 2.22. The van der Waals surface area contributed by atoms with Gasteiger partial charge in [0.15, 0.2) is 0 Å². The van der Waals surface area contributed by atoms with Gasteiger partial charge in [-0.15, -0.1) is 0 Å². The van der Waals surface area contributed by atoms with Crippen LogP contribution >= 0.6 is 0 Å². The summed E-state index contributed by atoms with van der Waals surface area (Å²) in [5, 5.41) is 9.87. The highest BCUT2D eigenvalue weighted by atomic mass is 19.1. The molecule has 0 bridgehead atoms. The third kappa shape index (κ3) is 1.73. The standard InChI is InChI=1S/C14H13F2NO/c15-9-4-5-13(11(16)8-9)17-7-6-10-12(17)2-1-3-14(10)18/h4-8,14,18H,1-3H2. The normalized spacial score (nSPS) is 18.7. The Labute approximate surface area is 103 Å². The van der Waals surface area contributed by atoms with Gasteiger partial charge in [0, 0.05) is 23.5 Å². The van der Waals surface area contributed by atoms with Crippen molar-refractivity contribution < 1.29 is 13.9 Å². The maximum absolute atomic E-state index is 13.8. The molecule has 1 aromatic heterocycles. The van der Waals surface area contributed by atoms with E-state index in [0.29, 0.717) is 5.69 Å². The lowest BCUT2D eigenvalue weighted by atomic mass is 9.95. The molecule has 4 heteroatoms. The van der Waals surface area contributed by atoms with E-state index in [9.17, 15) is 13.9 Å². The summed E-state index contributed by atoms with van der Waals surface area (Å²) in [7, 11) is 0. The fourth-order valence-electron chi connectivity index (χ4n) is 2.57. The number of fused-ring (bicyclic) bond motifs is 1. The summed E-state index contributed by atoms with van der Waals surface area (Å²) in [4.78, 5) is 0. The van der Waals surface area contributed by atoms with Gasteiger partial charge in [-0.25, -0.2) is 8.78 Å².